The van der Waals surface area contributed by atoms with Gasteiger partial charge in [0.2, 0.25) is 0 Å². The van der Waals surface area contributed by atoms with Crippen molar-refractivity contribution in [3.63, 3.8) is 0 Å². The SMILES string of the molecule is Cc1ccc(Br)c(-n2nnnc2-c2ccc(N)cc2N)c1. The third-order valence-electron chi connectivity index (χ3n) is 3.12. The average molecular weight is 345 g/mol. The van der Waals surface area contributed by atoms with Crippen LogP contribution in [0.5, 0.6) is 0 Å². The minimum atomic E-state index is 0.537. The number of aryl methyl sites for hydroxylation is 1. The standard InChI is InChI=1S/C14H13BrN6/c1-8-2-5-11(15)13(6-8)21-14(18-19-20-21)10-4-3-9(16)7-12(10)17/h2-7H,16-17H2,1H3. The van der Waals surface area contributed by atoms with Crippen LogP contribution in [0, 0.1) is 6.92 Å². The average Bonchev–Trinajstić information content (AvgIpc) is 2.90. The van der Waals surface area contributed by atoms with Crippen molar-refractivity contribution in [2.75, 3.05) is 11.5 Å². The van der Waals surface area contributed by atoms with Gasteiger partial charge in [-0.05, 0) is 69.2 Å². The topological polar surface area (TPSA) is 95.6 Å². The molecule has 1 aromatic heterocycles. The van der Waals surface area contributed by atoms with Crippen molar-refractivity contribution >= 4 is 27.3 Å². The van der Waals surface area contributed by atoms with Gasteiger partial charge < -0.3 is 11.5 Å². The van der Waals surface area contributed by atoms with Crippen molar-refractivity contribution in [3.05, 3.63) is 46.4 Å². The number of rotatable bonds is 2. The Morgan fingerprint density at radius 1 is 1.10 bits per heavy atom. The summed E-state index contributed by atoms with van der Waals surface area (Å²) in [5.41, 5.74) is 15.6. The number of tetrazole rings is 1. The lowest BCUT2D eigenvalue weighted by Crippen LogP contribution is -2.03. The molecule has 0 atom stereocenters. The molecule has 0 unspecified atom stereocenters. The quantitative estimate of drug-likeness (QED) is 0.696. The highest BCUT2D eigenvalue weighted by Crippen LogP contribution is 2.29. The fraction of sp³-hybridized carbons (Fsp3) is 0.0714. The second-order valence-electron chi connectivity index (χ2n) is 4.72. The van der Waals surface area contributed by atoms with Gasteiger partial charge in [-0.3, -0.25) is 0 Å². The summed E-state index contributed by atoms with van der Waals surface area (Å²) in [6, 6.07) is 11.3. The van der Waals surface area contributed by atoms with Crippen molar-refractivity contribution in [2.45, 2.75) is 6.92 Å². The molecule has 3 aromatic rings. The highest BCUT2D eigenvalue weighted by Gasteiger charge is 2.15. The number of nitrogens with two attached hydrogens (primary N) is 2. The van der Waals surface area contributed by atoms with Crippen molar-refractivity contribution < 1.29 is 0 Å². The number of hydrogen-bond acceptors (Lipinski definition) is 5. The van der Waals surface area contributed by atoms with Crippen LogP contribution in [0.25, 0.3) is 17.1 Å². The molecule has 106 valence electrons. The van der Waals surface area contributed by atoms with E-state index in [1.165, 1.54) is 0 Å². The van der Waals surface area contributed by atoms with Gasteiger partial charge in [-0.25, -0.2) is 0 Å². The minimum Gasteiger partial charge on any atom is -0.399 e. The molecule has 7 heteroatoms. The molecule has 4 N–H and O–H groups in total. The van der Waals surface area contributed by atoms with Crippen LogP contribution in [0.3, 0.4) is 0 Å². The number of aromatic nitrogens is 4. The molecule has 3 rings (SSSR count). The van der Waals surface area contributed by atoms with Gasteiger partial charge in [-0.2, -0.15) is 4.68 Å². The molecule has 0 aliphatic heterocycles. The maximum atomic E-state index is 6.03. The lowest BCUT2D eigenvalue weighted by molar-refractivity contribution is 0.788. The zero-order valence-corrected chi connectivity index (χ0v) is 12.9. The van der Waals surface area contributed by atoms with Crippen molar-refractivity contribution in [1.82, 2.24) is 20.2 Å². The van der Waals surface area contributed by atoms with Gasteiger partial charge in [0.1, 0.15) is 0 Å². The number of nitrogens with zero attached hydrogens (tertiary/aromatic N) is 4. The first-order valence-corrected chi connectivity index (χ1v) is 7.06. The van der Waals surface area contributed by atoms with Gasteiger partial charge in [0.15, 0.2) is 5.82 Å². The van der Waals surface area contributed by atoms with Gasteiger partial charge in [0.25, 0.3) is 0 Å². The Morgan fingerprint density at radius 2 is 1.90 bits per heavy atom. The van der Waals surface area contributed by atoms with E-state index in [2.05, 4.69) is 31.5 Å². The zero-order valence-electron chi connectivity index (χ0n) is 11.3. The minimum absolute atomic E-state index is 0.537. The number of nitrogen functional groups attached to an aromatic ring is 2. The molecule has 0 saturated heterocycles. The molecule has 0 saturated carbocycles. The Kier molecular flexibility index (Phi) is 3.34. The predicted molar refractivity (Wildman–Crippen MR) is 85.9 cm³/mol. The third kappa shape index (κ3) is 2.47. The van der Waals surface area contributed by atoms with Crippen molar-refractivity contribution in [1.29, 1.82) is 0 Å². The number of hydrogen-bond donors (Lipinski definition) is 2. The van der Waals surface area contributed by atoms with E-state index in [1.807, 2.05) is 31.2 Å². The molecule has 0 aliphatic carbocycles. The number of benzene rings is 2. The maximum Gasteiger partial charge on any atom is 0.189 e. The van der Waals surface area contributed by atoms with E-state index in [1.54, 1.807) is 16.8 Å². The first-order chi connectivity index (χ1) is 10.1. The van der Waals surface area contributed by atoms with Crippen LogP contribution in [0.1, 0.15) is 5.56 Å². The normalized spacial score (nSPS) is 10.8. The van der Waals surface area contributed by atoms with Crippen LogP contribution in [0.15, 0.2) is 40.9 Å². The summed E-state index contributed by atoms with van der Waals surface area (Å²) in [6.07, 6.45) is 0. The Balaban J connectivity index is 2.19. The van der Waals surface area contributed by atoms with Gasteiger partial charge in [-0.15, -0.1) is 5.10 Å². The summed E-state index contributed by atoms with van der Waals surface area (Å²) in [5, 5.41) is 11.9. The molecule has 0 amide bonds. The van der Waals surface area contributed by atoms with E-state index in [4.69, 9.17) is 11.5 Å². The second kappa shape index (κ2) is 5.17. The largest absolute Gasteiger partial charge is 0.399 e. The molecule has 0 spiro atoms. The summed E-state index contributed by atoms with van der Waals surface area (Å²) in [6.45, 7) is 2.01. The highest BCUT2D eigenvalue weighted by molar-refractivity contribution is 9.10. The molecule has 1 heterocycles. The van der Waals surface area contributed by atoms with Crippen LogP contribution in [0.2, 0.25) is 0 Å². The van der Waals surface area contributed by atoms with E-state index in [9.17, 15) is 0 Å². The Bertz CT molecular complexity index is 811. The lowest BCUT2D eigenvalue weighted by atomic mass is 10.1. The predicted octanol–water partition coefficient (Wildman–Crippen LogP) is 2.56. The Hall–Kier alpha value is -2.41. The molecular formula is C14H13BrN6. The molecule has 0 radical (unpaired) electrons. The summed E-state index contributed by atoms with van der Waals surface area (Å²) >= 11 is 3.52. The van der Waals surface area contributed by atoms with Gasteiger partial charge in [0, 0.05) is 21.4 Å². The summed E-state index contributed by atoms with van der Waals surface area (Å²) in [5.74, 6) is 0.568. The fourth-order valence-electron chi connectivity index (χ4n) is 2.09. The Morgan fingerprint density at radius 3 is 2.67 bits per heavy atom. The van der Waals surface area contributed by atoms with Crippen molar-refractivity contribution in [3.8, 4) is 17.1 Å². The van der Waals surface area contributed by atoms with Crippen LogP contribution >= 0.6 is 15.9 Å². The summed E-state index contributed by atoms with van der Waals surface area (Å²) < 4.78 is 2.55. The smallest absolute Gasteiger partial charge is 0.189 e. The first kappa shape index (κ1) is 13.6. The molecule has 0 bridgehead atoms. The number of halogens is 1. The molecule has 21 heavy (non-hydrogen) atoms. The monoisotopic (exact) mass is 344 g/mol. The van der Waals surface area contributed by atoms with Gasteiger partial charge in [-0.1, -0.05) is 6.07 Å². The molecule has 0 fully saturated rings. The molecular weight excluding hydrogens is 332 g/mol. The van der Waals surface area contributed by atoms with Crippen LogP contribution in [-0.2, 0) is 0 Å². The second-order valence-corrected chi connectivity index (χ2v) is 5.57. The van der Waals surface area contributed by atoms with Crippen LogP contribution < -0.4 is 11.5 Å². The van der Waals surface area contributed by atoms with Crippen molar-refractivity contribution in [2.24, 2.45) is 0 Å². The van der Waals surface area contributed by atoms with E-state index >= 15 is 0 Å². The highest BCUT2D eigenvalue weighted by atomic mass is 79.9. The van der Waals surface area contributed by atoms with E-state index in [0.717, 1.165) is 21.3 Å². The van der Waals surface area contributed by atoms with Crippen LogP contribution in [-0.4, -0.2) is 20.2 Å². The lowest BCUT2D eigenvalue weighted by Gasteiger charge is -2.09. The summed E-state index contributed by atoms with van der Waals surface area (Å²) in [4.78, 5) is 0. The van der Waals surface area contributed by atoms with Gasteiger partial charge >= 0.3 is 0 Å². The fourth-order valence-corrected chi connectivity index (χ4v) is 2.50. The van der Waals surface area contributed by atoms with E-state index in [0.29, 0.717) is 17.2 Å². The first-order valence-electron chi connectivity index (χ1n) is 6.26. The molecule has 0 aliphatic rings. The maximum absolute atomic E-state index is 6.03. The Labute approximate surface area is 129 Å². The van der Waals surface area contributed by atoms with Crippen LogP contribution in [0.4, 0.5) is 11.4 Å². The van der Waals surface area contributed by atoms with Gasteiger partial charge in [0.05, 0.1) is 5.69 Å². The number of anilines is 2. The van der Waals surface area contributed by atoms with E-state index < -0.39 is 0 Å². The molecule has 6 nitrogen and oxygen atoms in total. The summed E-state index contributed by atoms with van der Waals surface area (Å²) in [7, 11) is 0. The zero-order chi connectivity index (χ0) is 15.0. The third-order valence-corrected chi connectivity index (χ3v) is 3.79. The van der Waals surface area contributed by atoms with E-state index in [-0.39, 0.29) is 0 Å². The molecule has 2 aromatic carbocycles.